The Balaban J connectivity index is 0.00000300. The smallest absolute Gasteiger partial charge is 0.543 e. The minimum absolute atomic E-state index is 0. The van der Waals surface area contributed by atoms with Crippen LogP contribution in [0.2, 0.25) is 0 Å². The quantitative estimate of drug-likeness (QED) is 0.174. The van der Waals surface area contributed by atoms with Gasteiger partial charge in [-0.05, 0) is 12.5 Å². The summed E-state index contributed by atoms with van der Waals surface area (Å²) in [5, 5.41) is 31.1. The second-order valence-electron chi connectivity index (χ2n) is 5.72. The molecule has 2 aliphatic heterocycles. The van der Waals surface area contributed by atoms with Crippen LogP contribution in [0.25, 0.3) is 0 Å². The number of rotatable bonds is 8. The molecule has 9 nitrogen and oxygen atoms in total. The summed E-state index contributed by atoms with van der Waals surface area (Å²) in [5.74, 6) is -1.20. The summed E-state index contributed by atoms with van der Waals surface area (Å²) in [7, 11) is 0. The molecule has 1 N–H and O–H groups in total. The van der Waals surface area contributed by atoms with E-state index in [1.807, 2.05) is 13.0 Å². The zero-order valence-corrected chi connectivity index (χ0v) is 20.8. The number of aromatic nitrogens is 2. The first-order chi connectivity index (χ1) is 13.4. The molecule has 0 saturated carbocycles. The molecule has 1 aromatic rings. The second kappa shape index (κ2) is 11.0. The van der Waals surface area contributed by atoms with E-state index in [0.717, 1.165) is 21.1 Å². The number of amides is 2. The van der Waals surface area contributed by atoms with Crippen LogP contribution in [0.15, 0.2) is 15.6 Å². The van der Waals surface area contributed by atoms with Crippen molar-refractivity contribution in [2.45, 2.75) is 22.7 Å². The fourth-order valence-electron chi connectivity index (χ4n) is 2.67. The number of nitrogens with one attached hydrogen (secondary N) is 1. The number of thioether (sulfide) groups is 3. The van der Waals surface area contributed by atoms with Crippen LogP contribution in [0.5, 0.6) is 0 Å². The van der Waals surface area contributed by atoms with Gasteiger partial charge in [0.1, 0.15) is 16.4 Å². The van der Waals surface area contributed by atoms with Crippen molar-refractivity contribution < 1.29 is 49.0 Å². The average molecular weight is 480 g/mol. The minimum atomic E-state index is -1.41. The predicted molar refractivity (Wildman–Crippen MR) is 105 cm³/mol. The van der Waals surface area contributed by atoms with Gasteiger partial charge in [-0.25, -0.2) is 0 Å². The molecule has 0 spiro atoms. The van der Waals surface area contributed by atoms with Gasteiger partial charge in [0.05, 0.1) is 29.2 Å². The second-order valence-corrected chi connectivity index (χ2v) is 10.2. The number of nitrogens with zero attached hydrogens (tertiary/aromatic N) is 4. The Morgan fingerprint density at radius 3 is 2.83 bits per heavy atom. The Bertz CT molecular complexity index is 886. The van der Waals surface area contributed by atoms with Crippen LogP contribution >= 0.6 is 46.6 Å². The molecule has 1 fully saturated rings. The summed E-state index contributed by atoms with van der Waals surface area (Å²) in [5.41, 5.74) is 0.466. The van der Waals surface area contributed by atoms with Gasteiger partial charge in [-0.3, -0.25) is 14.5 Å². The Labute approximate surface area is 205 Å². The molecular weight excluding hydrogens is 465 g/mol. The standard InChI is InChI=1S/C15H15N5O4S4.Na/c1-7-18-19-15(28-7)27-5-8-4-26-13-10(17-9(21)6-25-3-2-16)12(22)20(13)11(8)14(23)24;/h10,13H,3-6H2,1H3,(H,17,21)(H,23,24);/q;+1/p-1/t10-,13-;/m1./s1. The molecule has 0 aliphatic carbocycles. The Morgan fingerprint density at radius 2 is 2.21 bits per heavy atom. The molecule has 3 heterocycles. The first kappa shape index (κ1) is 24.5. The maximum absolute atomic E-state index is 12.5. The summed E-state index contributed by atoms with van der Waals surface area (Å²) in [4.78, 5) is 37.3. The predicted octanol–water partition coefficient (Wildman–Crippen LogP) is -3.40. The monoisotopic (exact) mass is 479 g/mol. The molecule has 2 amide bonds. The van der Waals surface area contributed by atoms with E-state index < -0.39 is 23.3 Å². The van der Waals surface area contributed by atoms with Gasteiger partial charge in [0.15, 0.2) is 4.34 Å². The SMILES string of the molecule is Cc1nnc(SCC2=C(C(=O)[O-])N3C(=O)[C@@H](NC(=O)CSCC#N)[C@H]3SC2)s1.[Na+]. The van der Waals surface area contributed by atoms with Crippen molar-refractivity contribution in [1.82, 2.24) is 20.4 Å². The number of carbonyl (C=O) groups is 3. The van der Waals surface area contributed by atoms with E-state index in [1.54, 1.807) is 0 Å². The molecule has 1 saturated heterocycles. The van der Waals surface area contributed by atoms with Crippen molar-refractivity contribution in [2.24, 2.45) is 0 Å². The maximum atomic E-state index is 12.5. The molecule has 0 radical (unpaired) electrons. The van der Waals surface area contributed by atoms with Crippen LogP contribution in [0, 0.1) is 18.3 Å². The number of aliphatic carboxylic acids is 1. The number of hydrogen-bond donors (Lipinski definition) is 1. The first-order valence-electron chi connectivity index (χ1n) is 7.97. The molecule has 14 heteroatoms. The van der Waals surface area contributed by atoms with Gasteiger partial charge in [0.2, 0.25) is 5.91 Å². The minimum Gasteiger partial charge on any atom is -0.543 e. The Kier molecular flexibility index (Phi) is 9.33. The Hall–Kier alpha value is -0.750. The number of fused-ring (bicyclic) bond motifs is 1. The van der Waals surface area contributed by atoms with Crippen molar-refractivity contribution in [3.63, 3.8) is 0 Å². The molecule has 0 bridgehead atoms. The van der Waals surface area contributed by atoms with Crippen molar-refractivity contribution in [3.8, 4) is 6.07 Å². The van der Waals surface area contributed by atoms with Gasteiger partial charge < -0.3 is 15.2 Å². The average Bonchev–Trinajstić information content (AvgIpc) is 3.08. The zero-order chi connectivity index (χ0) is 20.3. The number of carbonyl (C=O) groups excluding carboxylic acids is 3. The fourth-order valence-corrected chi connectivity index (χ4v) is 6.44. The summed E-state index contributed by atoms with van der Waals surface area (Å²) in [6.45, 7) is 1.83. The number of carboxylic acids is 1. The molecule has 0 aromatic carbocycles. The normalized spacial score (nSPS) is 20.3. The molecule has 0 unspecified atom stereocenters. The van der Waals surface area contributed by atoms with Gasteiger partial charge in [-0.2, -0.15) is 5.26 Å². The van der Waals surface area contributed by atoms with Crippen LogP contribution in [0.1, 0.15) is 5.01 Å². The Morgan fingerprint density at radius 1 is 1.45 bits per heavy atom. The van der Waals surface area contributed by atoms with Crippen LogP contribution in [-0.4, -0.2) is 67.3 Å². The summed E-state index contributed by atoms with van der Waals surface area (Å²) in [6, 6.07) is 1.15. The van der Waals surface area contributed by atoms with Gasteiger partial charge in [0, 0.05) is 11.5 Å². The van der Waals surface area contributed by atoms with Crippen LogP contribution in [0.4, 0.5) is 0 Å². The first-order valence-corrected chi connectivity index (χ1v) is 12.0. The van der Waals surface area contributed by atoms with Gasteiger partial charge in [0.25, 0.3) is 5.91 Å². The van der Waals surface area contributed by atoms with Crippen molar-refractivity contribution in [1.29, 1.82) is 5.26 Å². The number of β-lactam (4-membered cyclic amide) rings is 1. The molecular formula is C15H14N5NaO4S4. The van der Waals surface area contributed by atoms with Crippen LogP contribution < -0.4 is 40.0 Å². The molecule has 29 heavy (non-hydrogen) atoms. The summed E-state index contributed by atoms with van der Waals surface area (Å²) in [6.07, 6.45) is 0. The van der Waals surface area contributed by atoms with Crippen molar-refractivity contribution in [3.05, 3.63) is 16.3 Å². The van der Waals surface area contributed by atoms with E-state index in [1.165, 1.54) is 39.8 Å². The van der Waals surface area contributed by atoms with E-state index in [-0.39, 0.29) is 52.7 Å². The maximum Gasteiger partial charge on any atom is 1.00 e. The van der Waals surface area contributed by atoms with E-state index in [0.29, 0.717) is 17.1 Å². The van der Waals surface area contributed by atoms with Crippen molar-refractivity contribution in [2.75, 3.05) is 23.0 Å². The molecule has 3 rings (SSSR count). The van der Waals surface area contributed by atoms with Gasteiger partial charge >= 0.3 is 29.6 Å². The number of carboxylic acid groups (broad SMARTS) is 1. The van der Waals surface area contributed by atoms with Gasteiger partial charge in [-0.15, -0.1) is 33.7 Å². The van der Waals surface area contributed by atoms with E-state index in [9.17, 15) is 19.5 Å². The van der Waals surface area contributed by atoms with E-state index >= 15 is 0 Å². The van der Waals surface area contributed by atoms with E-state index in [2.05, 4.69) is 15.5 Å². The third kappa shape index (κ3) is 5.69. The molecule has 2 atom stereocenters. The summed E-state index contributed by atoms with van der Waals surface area (Å²) < 4.78 is 0.727. The van der Waals surface area contributed by atoms with Crippen LogP contribution in [0.3, 0.4) is 0 Å². The molecule has 2 aliphatic rings. The largest absolute Gasteiger partial charge is 1.00 e. The zero-order valence-electron chi connectivity index (χ0n) is 15.5. The van der Waals surface area contributed by atoms with E-state index in [4.69, 9.17) is 5.26 Å². The number of aryl methyl sites for hydroxylation is 1. The van der Waals surface area contributed by atoms with Gasteiger partial charge in [-0.1, -0.05) is 23.1 Å². The number of nitriles is 1. The van der Waals surface area contributed by atoms with Crippen molar-refractivity contribution >= 4 is 64.4 Å². The number of hydrogen-bond acceptors (Lipinski definition) is 11. The molecule has 148 valence electrons. The fraction of sp³-hybridized carbons (Fsp3) is 0.467. The summed E-state index contributed by atoms with van der Waals surface area (Å²) >= 11 is 5.33. The molecule has 1 aromatic heterocycles. The third-order valence-corrected chi connectivity index (χ3v) is 8.03. The third-order valence-electron chi connectivity index (χ3n) is 3.83. The van der Waals surface area contributed by atoms with Crippen LogP contribution in [-0.2, 0) is 14.4 Å². The topological polar surface area (TPSA) is 139 Å².